The third-order valence-corrected chi connectivity index (χ3v) is 4.73. The first kappa shape index (κ1) is 14.3. The summed E-state index contributed by atoms with van der Waals surface area (Å²) in [7, 11) is 2.25. The molecule has 0 atom stereocenters. The Morgan fingerprint density at radius 2 is 1.33 bits per heavy atom. The van der Waals surface area contributed by atoms with E-state index in [1.54, 1.807) is 0 Å². The van der Waals surface area contributed by atoms with Crippen LogP contribution in [0.25, 0.3) is 0 Å². The van der Waals surface area contributed by atoms with Crippen LogP contribution in [-0.4, -0.2) is 43.2 Å². The highest BCUT2D eigenvalue weighted by Crippen LogP contribution is 2.22. The molecule has 18 heavy (non-hydrogen) atoms. The second-order valence-electron chi connectivity index (χ2n) is 6.57. The number of nitrogens with zero attached hydrogens (tertiary/aromatic N) is 2. The Morgan fingerprint density at radius 3 is 1.83 bits per heavy atom. The van der Waals surface area contributed by atoms with Crippen molar-refractivity contribution in [2.75, 3.05) is 33.4 Å². The van der Waals surface area contributed by atoms with E-state index in [-0.39, 0.29) is 0 Å². The van der Waals surface area contributed by atoms with Crippen molar-refractivity contribution >= 4 is 0 Å². The maximum absolute atomic E-state index is 2.67. The van der Waals surface area contributed by atoms with E-state index < -0.39 is 0 Å². The van der Waals surface area contributed by atoms with Crippen LogP contribution < -0.4 is 0 Å². The third kappa shape index (κ3) is 5.27. The van der Waals surface area contributed by atoms with Crippen molar-refractivity contribution in [2.24, 2.45) is 5.92 Å². The lowest BCUT2D eigenvalue weighted by molar-refractivity contribution is 0.220. The van der Waals surface area contributed by atoms with Gasteiger partial charge in [-0.3, -0.25) is 9.80 Å². The molecule has 1 saturated carbocycles. The Balaban J connectivity index is 1.72. The molecule has 0 bridgehead atoms. The monoisotopic (exact) mass is 252 g/mol. The van der Waals surface area contributed by atoms with E-state index in [1.165, 1.54) is 90.5 Å². The average Bonchev–Trinajstić information content (AvgIpc) is 2.73. The molecule has 2 fully saturated rings. The van der Waals surface area contributed by atoms with Gasteiger partial charge in [0.1, 0.15) is 0 Å². The molecule has 1 aliphatic heterocycles. The van der Waals surface area contributed by atoms with Gasteiger partial charge in [0.05, 0.1) is 6.67 Å². The topological polar surface area (TPSA) is 6.48 Å². The minimum absolute atomic E-state index is 0.981. The summed E-state index contributed by atoms with van der Waals surface area (Å²) < 4.78 is 0. The van der Waals surface area contributed by atoms with Gasteiger partial charge in [0, 0.05) is 19.6 Å². The molecule has 0 spiro atoms. The highest BCUT2D eigenvalue weighted by atomic mass is 15.4. The first-order chi connectivity index (χ1) is 8.84. The zero-order chi connectivity index (χ0) is 12.6. The van der Waals surface area contributed by atoms with E-state index in [1.807, 2.05) is 0 Å². The van der Waals surface area contributed by atoms with Gasteiger partial charge >= 0.3 is 0 Å². The predicted molar refractivity (Wildman–Crippen MR) is 78.7 cm³/mol. The minimum Gasteiger partial charge on any atom is -0.292 e. The molecule has 2 aliphatic rings. The van der Waals surface area contributed by atoms with Gasteiger partial charge in [0.25, 0.3) is 0 Å². The normalized spacial score (nSPS) is 27.2. The molecule has 0 N–H and O–H groups in total. The summed E-state index contributed by atoms with van der Waals surface area (Å²) >= 11 is 0. The van der Waals surface area contributed by atoms with E-state index in [2.05, 4.69) is 16.8 Å². The van der Waals surface area contributed by atoms with Gasteiger partial charge in [0.15, 0.2) is 0 Å². The number of likely N-dealkylation sites (N-methyl/N-ethyl adjacent to an activating group) is 1. The molecular formula is C16H32N2. The molecule has 106 valence electrons. The molecule has 0 aromatic rings. The van der Waals surface area contributed by atoms with Crippen molar-refractivity contribution in [1.29, 1.82) is 0 Å². The molecular weight excluding hydrogens is 220 g/mol. The van der Waals surface area contributed by atoms with E-state index in [9.17, 15) is 0 Å². The summed E-state index contributed by atoms with van der Waals surface area (Å²) in [6.45, 7) is 5.14. The lowest BCUT2D eigenvalue weighted by atomic mass is 9.95. The van der Waals surface area contributed by atoms with Crippen LogP contribution in [0.4, 0.5) is 0 Å². The molecule has 1 aliphatic carbocycles. The van der Waals surface area contributed by atoms with Crippen molar-refractivity contribution in [3.05, 3.63) is 0 Å². The second-order valence-corrected chi connectivity index (χ2v) is 6.57. The third-order valence-electron chi connectivity index (χ3n) is 4.73. The fourth-order valence-electron chi connectivity index (χ4n) is 3.56. The summed E-state index contributed by atoms with van der Waals surface area (Å²) in [5, 5.41) is 0. The second kappa shape index (κ2) is 8.16. The summed E-state index contributed by atoms with van der Waals surface area (Å²) in [5.41, 5.74) is 0. The fourth-order valence-corrected chi connectivity index (χ4v) is 3.56. The van der Waals surface area contributed by atoms with E-state index in [4.69, 9.17) is 0 Å². The van der Waals surface area contributed by atoms with Crippen LogP contribution in [0.3, 0.4) is 0 Å². The summed E-state index contributed by atoms with van der Waals surface area (Å²) in [4.78, 5) is 5.12. The zero-order valence-electron chi connectivity index (χ0n) is 12.4. The Labute approximate surface area is 114 Å². The van der Waals surface area contributed by atoms with E-state index in [0.717, 1.165) is 5.92 Å². The first-order valence-electron chi connectivity index (χ1n) is 8.25. The highest BCUT2D eigenvalue weighted by Gasteiger charge is 2.20. The minimum atomic E-state index is 0.981. The van der Waals surface area contributed by atoms with Crippen LogP contribution in [0.15, 0.2) is 0 Å². The molecule has 2 rings (SSSR count). The number of rotatable bonds is 2. The molecule has 0 radical (unpaired) electrons. The predicted octanol–water partition coefficient (Wildman–Crippen LogP) is 3.72. The zero-order valence-corrected chi connectivity index (χ0v) is 12.4. The number of hydrogen-bond acceptors (Lipinski definition) is 2. The van der Waals surface area contributed by atoms with Crippen LogP contribution in [0.1, 0.15) is 64.2 Å². The largest absolute Gasteiger partial charge is 0.292 e. The SMILES string of the molecule is CN1CCN(CC2CCCCCCCCCC2)C1. The van der Waals surface area contributed by atoms with Gasteiger partial charge in [-0.05, 0) is 25.8 Å². The quantitative estimate of drug-likeness (QED) is 0.739. The Bertz CT molecular complexity index is 205. The molecule has 0 aromatic heterocycles. The summed E-state index contributed by atoms with van der Waals surface area (Å²) in [6.07, 6.45) is 14.8. The van der Waals surface area contributed by atoms with Crippen LogP contribution in [0.5, 0.6) is 0 Å². The van der Waals surface area contributed by atoms with Gasteiger partial charge < -0.3 is 0 Å². The van der Waals surface area contributed by atoms with Crippen LogP contribution in [0, 0.1) is 5.92 Å². The van der Waals surface area contributed by atoms with Crippen LogP contribution in [0.2, 0.25) is 0 Å². The molecule has 2 nitrogen and oxygen atoms in total. The molecule has 0 aromatic carbocycles. The lowest BCUT2D eigenvalue weighted by Gasteiger charge is -2.23. The maximum Gasteiger partial charge on any atom is 0.0504 e. The Kier molecular flexibility index (Phi) is 6.50. The van der Waals surface area contributed by atoms with Crippen LogP contribution >= 0.6 is 0 Å². The lowest BCUT2D eigenvalue weighted by Crippen LogP contribution is -2.29. The van der Waals surface area contributed by atoms with E-state index in [0.29, 0.717) is 0 Å². The standard InChI is InChI=1S/C16H32N2/c1-17-12-13-18(15-17)14-16-10-8-6-4-2-3-5-7-9-11-16/h16H,2-15H2,1H3. The van der Waals surface area contributed by atoms with Crippen molar-refractivity contribution in [3.63, 3.8) is 0 Å². The smallest absolute Gasteiger partial charge is 0.0504 e. The summed E-state index contributed by atoms with van der Waals surface area (Å²) in [6, 6.07) is 0. The Hall–Kier alpha value is -0.0800. The highest BCUT2D eigenvalue weighted by molar-refractivity contribution is 4.72. The Morgan fingerprint density at radius 1 is 0.778 bits per heavy atom. The average molecular weight is 252 g/mol. The van der Waals surface area contributed by atoms with Gasteiger partial charge in [-0.15, -0.1) is 0 Å². The maximum atomic E-state index is 2.67. The van der Waals surface area contributed by atoms with Crippen LogP contribution in [-0.2, 0) is 0 Å². The first-order valence-corrected chi connectivity index (χ1v) is 8.25. The van der Waals surface area contributed by atoms with Crippen molar-refractivity contribution in [1.82, 2.24) is 9.80 Å². The van der Waals surface area contributed by atoms with Gasteiger partial charge in [-0.1, -0.05) is 51.4 Å². The van der Waals surface area contributed by atoms with E-state index >= 15 is 0 Å². The molecule has 0 amide bonds. The van der Waals surface area contributed by atoms with Gasteiger partial charge in [-0.25, -0.2) is 0 Å². The van der Waals surface area contributed by atoms with Gasteiger partial charge in [-0.2, -0.15) is 0 Å². The summed E-state index contributed by atoms with van der Waals surface area (Å²) in [5.74, 6) is 0.981. The molecule has 1 saturated heterocycles. The van der Waals surface area contributed by atoms with Crippen molar-refractivity contribution in [2.45, 2.75) is 64.2 Å². The fraction of sp³-hybridized carbons (Fsp3) is 1.00. The van der Waals surface area contributed by atoms with Crippen molar-refractivity contribution < 1.29 is 0 Å². The molecule has 1 heterocycles. The molecule has 0 unspecified atom stereocenters. The molecule has 2 heteroatoms. The van der Waals surface area contributed by atoms with Crippen molar-refractivity contribution in [3.8, 4) is 0 Å². The van der Waals surface area contributed by atoms with Gasteiger partial charge in [0.2, 0.25) is 0 Å². The number of hydrogen-bond donors (Lipinski definition) is 0.